The Bertz CT molecular complexity index is 1100. The molecule has 0 saturated carbocycles. The van der Waals surface area contributed by atoms with Crippen LogP contribution in [0.3, 0.4) is 0 Å². The first-order valence-corrected chi connectivity index (χ1v) is 11.2. The van der Waals surface area contributed by atoms with E-state index in [0.717, 1.165) is 48.5 Å². The van der Waals surface area contributed by atoms with Crippen molar-refractivity contribution in [3.8, 4) is 0 Å². The second-order valence-corrected chi connectivity index (χ2v) is 8.91. The average molecular weight is 458 g/mol. The molecule has 2 aromatic carbocycles. The minimum absolute atomic E-state index is 0.187. The molecule has 8 heteroatoms. The lowest BCUT2D eigenvalue weighted by Crippen LogP contribution is -2.47. The van der Waals surface area contributed by atoms with E-state index in [1.807, 2.05) is 42.5 Å². The average Bonchev–Trinajstić information content (AvgIpc) is 2.78. The van der Waals surface area contributed by atoms with Gasteiger partial charge in [0, 0.05) is 49.2 Å². The van der Waals surface area contributed by atoms with Gasteiger partial charge in [0.05, 0.1) is 10.0 Å². The van der Waals surface area contributed by atoms with Crippen molar-refractivity contribution in [2.24, 2.45) is 5.92 Å². The van der Waals surface area contributed by atoms with E-state index in [0.29, 0.717) is 28.2 Å². The van der Waals surface area contributed by atoms with E-state index in [4.69, 9.17) is 23.2 Å². The van der Waals surface area contributed by atoms with Gasteiger partial charge in [0.15, 0.2) is 11.5 Å². The molecule has 1 amide bonds. The van der Waals surface area contributed by atoms with Gasteiger partial charge in [0.25, 0.3) is 5.91 Å². The number of anilines is 2. The number of aromatic nitrogens is 2. The third kappa shape index (κ3) is 4.70. The fourth-order valence-corrected chi connectivity index (χ4v) is 4.02. The molecule has 1 aliphatic heterocycles. The number of piperazine rings is 1. The SMILES string of the molecule is CC(C)CNC(=O)c1nnc(N2CCN(c3ccc(Cl)c(Cl)c3)CC2)c2ccccc12. The van der Waals surface area contributed by atoms with E-state index in [2.05, 4.69) is 39.2 Å². The van der Waals surface area contributed by atoms with Crippen LogP contribution in [0.5, 0.6) is 0 Å². The maximum Gasteiger partial charge on any atom is 0.272 e. The largest absolute Gasteiger partial charge is 0.368 e. The second-order valence-electron chi connectivity index (χ2n) is 8.09. The van der Waals surface area contributed by atoms with Gasteiger partial charge in [-0.05, 0) is 24.1 Å². The summed E-state index contributed by atoms with van der Waals surface area (Å²) in [5.74, 6) is 0.993. The van der Waals surface area contributed by atoms with Crippen molar-refractivity contribution in [2.75, 3.05) is 42.5 Å². The quantitative estimate of drug-likeness (QED) is 0.603. The van der Waals surface area contributed by atoms with Crippen LogP contribution >= 0.6 is 23.2 Å². The molecule has 2 heterocycles. The summed E-state index contributed by atoms with van der Waals surface area (Å²) >= 11 is 12.2. The van der Waals surface area contributed by atoms with Gasteiger partial charge in [-0.3, -0.25) is 4.79 Å². The number of hydrogen-bond acceptors (Lipinski definition) is 5. The molecule has 1 aromatic heterocycles. The Kier molecular flexibility index (Phi) is 6.49. The molecule has 1 N–H and O–H groups in total. The number of nitrogens with one attached hydrogen (secondary N) is 1. The molecule has 0 spiro atoms. The molecule has 0 aliphatic carbocycles. The van der Waals surface area contributed by atoms with Crippen LogP contribution in [0, 0.1) is 5.92 Å². The van der Waals surface area contributed by atoms with Crippen LogP contribution in [-0.4, -0.2) is 48.8 Å². The summed E-state index contributed by atoms with van der Waals surface area (Å²) in [5.41, 5.74) is 1.43. The van der Waals surface area contributed by atoms with Gasteiger partial charge >= 0.3 is 0 Å². The fourth-order valence-electron chi connectivity index (χ4n) is 3.73. The zero-order valence-electron chi connectivity index (χ0n) is 17.6. The number of fused-ring (bicyclic) bond motifs is 1. The minimum atomic E-state index is -0.187. The summed E-state index contributed by atoms with van der Waals surface area (Å²) < 4.78 is 0. The Morgan fingerprint density at radius 2 is 1.65 bits per heavy atom. The number of benzene rings is 2. The van der Waals surface area contributed by atoms with E-state index in [-0.39, 0.29) is 5.91 Å². The first kappa shape index (κ1) is 21.7. The molecule has 4 rings (SSSR count). The Hall–Kier alpha value is -2.57. The highest BCUT2D eigenvalue weighted by atomic mass is 35.5. The molecule has 0 radical (unpaired) electrons. The lowest BCUT2D eigenvalue weighted by molar-refractivity contribution is 0.0945. The van der Waals surface area contributed by atoms with Crippen molar-refractivity contribution in [3.05, 3.63) is 58.2 Å². The van der Waals surface area contributed by atoms with Crippen molar-refractivity contribution in [2.45, 2.75) is 13.8 Å². The maximum absolute atomic E-state index is 12.6. The van der Waals surface area contributed by atoms with Crippen LogP contribution < -0.4 is 15.1 Å². The predicted molar refractivity (Wildman–Crippen MR) is 128 cm³/mol. The van der Waals surface area contributed by atoms with Gasteiger partial charge < -0.3 is 15.1 Å². The number of hydrogen-bond donors (Lipinski definition) is 1. The molecule has 0 bridgehead atoms. The van der Waals surface area contributed by atoms with E-state index in [1.54, 1.807) is 0 Å². The predicted octanol–water partition coefficient (Wildman–Crippen LogP) is 4.65. The highest BCUT2D eigenvalue weighted by Crippen LogP contribution is 2.30. The summed E-state index contributed by atoms with van der Waals surface area (Å²) in [4.78, 5) is 17.1. The summed E-state index contributed by atoms with van der Waals surface area (Å²) in [6.07, 6.45) is 0. The Balaban J connectivity index is 1.55. The topological polar surface area (TPSA) is 61.4 Å². The monoisotopic (exact) mass is 457 g/mol. The number of nitrogens with zero attached hydrogens (tertiary/aromatic N) is 4. The van der Waals surface area contributed by atoms with Crippen LogP contribution in [0.1, 0.15) is 24.3 Å². The third-order valence-corrected chi connectivity index (χ3v) is 6.14. The van der Waals surface area contributed by atoms with Gasteiger partial charge in [-0.25, -0.2) is 0 Å². The zero-order chi connectivity index (χ0) is 22.0. The molecule has 1 fully saturated rings. The molecular weight excluding hydrogens is 433 g/mol. The van der Waals surface area contributed by atoms with Gasteiger partial charge in [-0.15, -0.1) is 10.2 Å². The second kappa shape index (κ2) is 9.28. The summed E-state index contributed by atoms with van der Waals surface area (Å²) in [5, 5.41) is 14.6. The maximum atomic E-state index is 12.6. The van der Waals surface area contributed by atoms with Crippen LogP contribution in [0.25, 0.3) is 10.8 Å². The highest BCUT2D eigenvalue weighted by Gasteiger charge is 2.23. The summed E-state index contributed by atoms with van der Waals surface area (Å²) in [6.45, 7) is 7.95. The first-order valence-electron chi connectivity index (χ1n) is 10.4. The van der Waals surface area contributed by atoms with Crippen LogP contribution in [0.2, 0.25) is 10.0 Å². The van der Waals surface area contributed by atoms with Crippen LogP contribution in [-0.2, 0) is 0 Å². The molecular formula is C23H25Cl2N5O. The number of rotatable bonds is 5. The van der Waals surface area contributed by atoms with Gasteiger partial charge in [-0.1, -0.05) is 61.3 Å². The molecule has 1 aliphatic rings. The number of halogens is 2. The van der Waals surface area contributed by atoms with Gasteiger partial charge in [0.1, 0.15) is 0 Å². The fraction of sp³-hybridized carbons (Fsp3) is 0.348. The van der Waals surface area contributed by atoms with Crippen LogP contribution in [0.15, 0.2) is 42.5 Å². The molecule has 0 atom stereocenters. The van der Waals surface area contributed by atoms with Gasteiger partial charge in [0.2, 0.25) is 0 Å². The zero-order valence-corrected chi connectivity index (χ0v) is 19.1. The first-order chi connectivity index (χ1) is 14.9. The van der Waals surface area contributed by atoms with Crippen molar-refractivity contribution in [3.63, 3.8) is 0 Å². The Morgan fingerprint density at radius 3 is 2.32 bits per heavy atom. The number of carbonyl (C=O) groups excluding carboxylic acids is 1. The standard InChI is InChI=1S/C23H25Cl2N5O/c1-15(2)14-26-23(31)21-17-5-3-4-6-18(17)22(28-27-21)30-11-9-29(10-12-30)16-7-8-19(24)20(25)13-16/h3-8,13,15H,9-12,14H2,1-2H3,(H,26,31). The van der Waals surface area contributed by atoms with Crippen molar-refractivity contribution in [1.82, 2.24) is 15.5 Å². The normalized spacial score (nSPS) is 14.4. The van der Waals surface area contributed by atoms with E-state index < -0.39 is 0 Å². The molecule has 1 saturated heterocycles. The molecule has 6 nitrogen and oxygen atoms in total. The van der Waals surface area contributed by atoms with Gasteiger partial charge in [-0.2, -0.15) is 0 Å². The minimum Gasteiger partial charge on any atom is -0.368 e. The molecule has 0 unspecified atom stereocenters. The summed E-state index contributed by atoms with van der Waals surface area (Å²) in [7, 11) is 0. The molecule has 162 valence electrons. The Morgan fingerprint density at radius 1 is 0.968 bits per heavy atom. The van der Waals surface area contributed by atoms with Crippen molar-refractivity contribution in [1.29, 1.82) is 0 Å². The third-order valence-electron chi connectivity index (χ3n) is 5.40. The van der Waals surface area contributed by atoms with E-state index in [9.17, 15) is 4.79 Å². The van der Waals surface area contributed by atoms with Crippen molar-refractivity contribution >= 4 is 51.4 Å². The van der Waals surface area contributed by atoms with Crippen molar-refractivity contribution < 1.29 is 4.79 Å². The van der Waals surface area contributed by atoms with E-state index >= 15 is 0 Å². The number of amides is 1. The lowest BCUT2D eigenvalue weighted by Gasteiger charge is -2.37. The lowest BCUT2D eigenvalue weighted by atomic mass is 10.1. The highest BCUT2D eigenvalue weighted by molar-refractivity contribution is 6.42. The smallest absolute Gasteiger partial charge is 0.272 e. The van der Waals surface area contributed by atoms with Crippen LogP contribution in [0.4, 0.5) is 11.5 Å². The Labute approximate surface area is 192 Å². The molecule has 3 aromatic rings. The molecule has 31 heavy (non-hydrogen) atoms. The number of carbonyl (C=O) groups is 1. The van der Waals surface area contributed by atoms with E-state index in [1.165, 1.54) is 0 Å². The summed E-state index contributed by atoms with van der Waals surface area (Å²) in [6, 6.07) is 13.6.